The van der Waals surface area contributed by atoms with Crippen molar-refractivity contribution in [3.63, 3.8) is 0 Å². The van der Waals surface area contributed by atoms with Crippen LogP contribution in [-0.4, -0.2) is 25.7 Å². The van der Waals surface area contributed by atoms with Crippen LogP contribution in [0.15, 0.2) is 42.5 Å². The number of anilines is 1. The second-order valence-corrected chi connectivity index (χ2v) is 6.22. The number of piperidine rings is 1. The Kier molecular flexibility index (Phi) is 4.45. The monoisotopic (exact) mass is 282 g/mol. The third kappa shape index (κ3) is 3.06. The van der Waals surface area contributed by atoms with Crippen LogP contribution in [-0.2, 0) is 0 Å². The first-order valence-electron chi connectivity index (χ1n) is 8.25. The SMILES string of the molecule is CCN(CC1NCCCC1C)c1cccc2ccccc12. The van der Waals surface area contributed by atoms with Crippen molar-refractivity contribution in [1.29, 1.82) is 0 Å². The minimum atomic E-state index is 0.609. The van der Waals surface area contributed by atoms with E-state index in [4.69, 9.17) is 0 Å². The van der Waals surface area contributed by atoms with E-state index in [1.807, 2.05) is 0 Å². The van der Waals surface area contributed by atoms with E-state index in [9.17, 15) is 0 Å². The molecule has 1 fully saturated rings. The van der Waals surface area contributed by atoms with Gasteiger partial charge in [0.2, 0.25) is 0 Å². The molecule has 2 nitrogen and oxygen atoms in total. The largest absolute Gasteiger partial charge is 0.370 e. The molecule has 21 heavy (non-hydrogen) atoms. The molecular weight excluding hydrogens is 256 g/mol. The minimum Gasteiger partial charge on any atom is -0.370 e. The van der Waals surface area contributed by atoms with Gasteiger partial charge in [-0.05, 0) is 43.7 Å². The molecule has 0 aliphatic carbocycles. The summed E-state index contributed by atoms with van der Waals surface area (Å²) >= 11 is 0. The standard InChI is InChI=1S/C19H26N2/c1-3-21(14-18-15(2)8-7-13-20-18)19-12-6-10-16-9-4-5-11-17(16)19/h4-6,9-12,15,18,20H,3,7-8,13-14H2,1-2H3. The molecule has 0 bridgehead atoms. The first-order valence-corrected chi connectivity index (χ1v) is 8.25. The van der Waals surface area contributed by atoms with Crippen molar-refractivity contribution in [3.8, 4) is 0 Å². The summed E-state index contributed by atoms with van der Waals surface area (Å²) < 4.78 is 0. The molecule has 1 aliphatic heterocycles. The molecule has 0 spiro atoms. The normalized spacial score (nSPS) is 22.4. The molecule has 3 rings (SSSR count). The molecule has 0 saturated carbocycles. The molecule has 1 heterocycles. The lowest BCUT2D eigenvalue weighted by Crippen LogP contribution is -2.48. The first kappa shape index (κ1) is 14.4. The summed E-state index contributed by atoms with van der Waals surface area (Å²) in [5, 5.41) is 6.41. The summed E-state index contributed by atoms with van der Waals surface area (Å²) in [4.78, 5) is 2.53. The average Bonchev–Trinajstić information content (AvgIpc) is 2.54. The van der Waals surface area contributed by atoms with E-state index in [-0.39, 0.29) is 0 Å². The quantitative estimate of drug-likeness (QED) is 0.910. The maximum absolute atomic E-state index is 3.71. The van der Waals surface area contributed by atoms with Crippen LogP contribution < -0.4 is 10.2 Å². The van der Waals surface area contributed by atoms with Crippen LogP contribution in [0.1, 0.15) is 26.7 Å². The van der Waals surface area contributed by atoms with Crippen molar-refractivity contribution in [2.75, 3.05) is 24.5 Å². The van der Waals surface area contributed by atoms with Gasteiger partial charge in [-0.25, -0.2) is 0 Å². The van der Waals surface area contributed by atoms with Crippen LogP contribution >= 0.6 is 0 Å². The molecule has 0 aromatic heterocycles. The Morgan fingerprint density at radius 2 is 1.95 bits per heavy atom. The molecule has 0 amide bonds. The van der Waals surface area contributed by atoms with E-state index in [2.05, 4.69) is 66.5 Å². The molecule has 2 atom stereocenters. The smallest absolute Gasteiger partial charge is 0.0446 e. The molecule has 2 unspecified atom stereocenters. The molecular formula is C19H26N2. The zero-order valence-electron chi connectivity index (χ0n) is 13.2. The average molecular weight is 282 g/mol. The van der Waals surface area contributed by atoms with E-state index in [1.165, 1.54) is 35.8 Å². The second kappa shape index (κ2) is 6.48. The van der Waals surface area contributed by atoms with Crippen molar-refractivity contribution in [2.45, 2.75) is 32.7 Å². The highest BCUT2D eigenvalue weighted by molar-refractivity contribution is 5.94. The van der Waals surface area contributed by atoms with Gasteiger partial charge in [0, 0.05) is 30.2 Å². The Labute approximate surface area is 128 Å². The van der Waals surface area contributed by atoms with E-state index in [1.54, 1.807) is 0 Å². The fourth-order valence-electron chi connectivity index (χ4n) is 3.48. The summed E-state index contributed by atoms with van der Waals surface area (Å²) in [6.07, 6.45) is 2.67. The summed E-state index contributed by atoms with van der Waals surface area (Å²) in [6, 6.07) is 16.0. The Balaban J connectivity index is 1.87. The molecule has 2 aromatic rings. The Hall–Kier alpha value is -1.54. The van der Waals surface area contributed by atoms with Crippen LogP contribution in [0.2, 0.25) is 0 Å². The number of benzene rings is 2. The van der Waals surface area contributed by atoms with Gasteiger partial charge in [0.15, 0.2) is 0 Å². The van der Waals surface area contributed by atoms with Crippen LogP contribution in [0.25, 0.3) is 10.8 Å². The van der Waals surface area contributed by atoms with Gasteiger partial charge in [0.25, 0.3) is 0 Å². The third-order valence-corrected chi connectivity index (χ3v) is 4.84. The minimum absolute atomic E-state index is 0.609. The number of fused-ring (bicyclic) bond motifs is 1. The fraction of sp³-hybridized carbons (Fsp3) is 0.474. The summed E-state index contributed by atoms with van der Waals surface area (Å²) in [5.41, 5.74) is 1.37. The zero-order chi connectivity index (χ0) is 14.7. The number of nitrogens with one attached hydrogen (secondary N) is 1. The van der Waals surface area contributed by atoms with Crippen LogP contribution in [0.3, 0.4) is 0 Å². The molecule has 0 radical (unpaired) electrons. The third-order valence-electron chi connectivity index (χ3n) is 4.84. The van der Waals surface area contributed by atoms with E-state index < -0.39 is 0 Å². The maximum Gasteiger partial charge on any atom is 0.0446 e. The highest BCUT2D eigenvalue weighted by Crippen LogP contribution is 2.28. The van der Waals surface area contributed by atoms with Crippen LogP contribution in [0, 0.1) is 5.92 Å². The van der Waals surface area contributed by atoms with Gasteiger partial charge in [0.05, 0.1) is 0 Å². The lowest BCUT2D eigenvalue weighted by molar-refractivity contribution is 0.301. The van der Waals surface area contributed by atoms with Crippen LogP contribution in [0.4, 0.5) is 5.69 Å². The number of hydrogen-bond acceptors (Lipinski definition) is 2. The molecule has 2 aromatic carbocycles. The Bertz CT molecular complexity index is 588. The Morgan fingerprint density at radius 1 is 1.14 bits per heavy atom. The number of rotatable bonds is 4. The maximum atomic E-state index is 3.71. The second-order valence-electron chi connectivity index (χ2n) is 6.22. The topological polar surface area (TPSA) is 15.3 Å². The molecule has 1 aliphatic rings. The van der Waals surface area contributed by atoms with E-state index in [0.29, 0.717) is 6.04 Å². The molecule has 1 saturated heterocycles. The van der Waals surface area contributed by atoms with Crippen molar-refractivity contribution in [3.05, 3.63) is 42.5 Å². The van der Waals surface area contributed by atoms with Crippen molar-refractivity contribution in [2.24, 2.45) is 5.92 Å². The summed E-state index contributed by atoms with van der Waals surface area (Å²) in [6.45, 7) is 7.97. The van der Waals surface area contributed by atoms with Crippen molar-refractivity contribution < 1.29 is 0 Å². The lowest BCUT2D eigenvalue weighted by atomic mass is 9.92. The van der Waals surface area contributed by atoms with Crippen molar-refractivity contribution in [1.82, 2.24) is 5.32 Å². The molecule has 112 valence electrons. The highest BCUT2D eigenvalue weighted by Gasteiger charge is 2.23. The Morgan fingerprint density at radius 3 is 2.76 bits per heavy atom. The molecule has 1 N–H and O–H groups in total. The van der Waals surface area contributed by atoms with Gasteiger partial charge in [-0.2, -0.15) is 0 Å². The van der Waals surface area contributed by atoms with Gasteiger partial charge in [0.1, 0.15) is 0 Å². The summed E-state index contributed by atoms with van der Waals surface area (Å²) in [7, 11) is 0. The number of hydrogen-bond donors (Lipinski definition) is 1. The van der Waals surface area contributed by atoms with Gasteiger partial charge >= 0.3 is 0 Å². The number of nitrogens with zero attached hydrogens (tertiary/aromatic N) is 1. The van der Waals surface area contributed by atoms with Gasteiger partial charge < -0.3 is 10.2 Å². The van der Waals surface area contributed by atoms with E-state index in [0.717, 1.165) is 19.0 Å². The zero-order valence-corrected chi connectivity index (χ0v) is 13.2. The van der Waals surface area contributed by atoms with Gasteiger partial charge in [-0.1, -0.05) is 43.3 Å². The highest BCUT2D eigenvalue weighted by atomic mass is 15.2. The molecule has 2 heteroatoms. The predicted molar refractivity (Wildman–Crippen MR) is 92.0 cm³/mol. The first-order chi connectivity index (χ1) is 10.3. The lowest BCUT2D eigenvalue weighted by Gasteiger charge is -2.35. The van der Waals surface area contributed by atoms with Crippen LogP contribution in [0.5, 0.6) is 0 Å². The van der Waals surface area contributed by atoms with Crippen molar-refractivity contribution >= 4 is 16.5 Å². The van der Waals surface area contributed by atoms with E-state index >= 15 is 0 Å². The van der Waals surface area contributed by atoms with Gasteiger partial charge in [-0.3, -0.25) is 0 Å². The fourth-order valence-corrected chi connectivity index (χ4v) is 3.48. The van der Waals surface area contributed by atoms with Gasteiger partial charge in [-0.15, -0.1) is 0 Å². The summed E-state index contributed by atoms with van der Waals surface area (Å²) in [5.74, 6) is 0.766. The number of likely N-dealkylation sites (N-methyl/N-ethyl adjacent to an activating group) is 1. The predicted octanol–water partition coefficient (Wildman–Crippen LogP) is 4.05.